The summed E-state index contributed by atoms with van der Waals surface area (Å²) in [6, 6.07) is 20.5. The lowest BCUT2D eigenvalue weighted by Crippen LogP contribution is -1.93. The van der Waals surface area contributed by atoms with Gasteiger partial charge in [0.05, 0.1) is 0 Å². The molecule has 2 aliphatic rings. The summed E-state index contributed by atoms with van der Waals surface area (Å²) in [5, 5.41) is 0. The molecule has 0 spiro atoms. The molecule has 0 aliphatic heterocycles. The van der Waals surface area contributed by atoms with E-state index in [2.05, 4.69) is 47.4 Å². The predicted octanol–water partition coefficient (Wildman–Crippen LogP) is 3.01. The van der Waals surface area contributed by atoms with Gasteiger partial charge in [0.1, 0.15) is 0 Å². The maximum atomic E-state index is 2.89. The van der Waals surface area contributed by atoms with E-state index < -0.39 is 0 Å². The standard InChI is InChI=1S/C9H7.C5H5N/c1-2-5-9-7-3-6-8(9)4-1;1-2-4-6-5-3-1/h1-7H;1-5H/q-1;/p+1. The number of fused-ring (bicyclic) bond motifs is 1. The van der Waals surface area contributed by atoms with Gasteiger partial charge < -0.3 is 0 Å². The molecule has 0 amide bonds. The van der Waals surface area contributed by atoms with Crippen LogP contribution < -0.4 is 4.98 Å². The van der Waals surface area contributed by atoms with Gasteiger partial charge in [0.2, 0.25) is 0 Å². The third-order valence-electron chi connectivity index (χ3n) is 2.15. The van der Waals surface area contributed by atoms with E-state index in [1.165, 1.54) is 11.1 Å². The van der Waals surface area contributed by atoms with Crippen LogP contribution in [-0.4, -0.2) is 0 Å². The van der Waals surface area contributed by atoms with Crippen LogP contribution in [0.25, 0.3) is 11.1 Å². The molecule has 0 saturated carbocycles. The molecule has 0 bridgehead atoms. The number of aromatic nitrogens is 1. The average Bonchev–Trinajstić information content (AvgIpc) is 2.80. The minimum absolute atomic E-state index is 1.33. The molecule has 1 N–H and O–H groups in total. The molecule has 0 aromatic carbocycles. The second-order valence-electron chi connectivity index (χ2n) is 3.23. The quantitative estimate of drug-likeness (QED) is 0.490. The van der Waals surface area contributed by atoms with Crippen LogP contribution >= 0.6 is 0 Å². The molecule has 1 nitrogen and oxygen atoms in total. The minimum atomic E-state index is 1.33. The highest BCUT2D eigenvalue weighted by Gasteiger charge is 1.86. The smallest absolute Gasteiger partial charge is 0.166 e. The average molecular weight is 195 g/mol. The summed E-state index contributed by atoms with van der Waals surface area (Å²) in [5.41, 5.74) is 2.66. The van der Waals surface area contributed by atoms with Crippen molar-refractivity contribution in [3.63, 3.8) is 0 Å². The Balaban J connectivity index is 0.000000124. The Labute approximate surface area is 89.7 Å². The molecule has 1 heteroatoms. The Morgan fingerprint density at radius 1 is 0.800 bits per heavy atom. The first kappa shape index (κ1) is 9.53. The van der Waals surface area contributed by atoms with Crippen LogP contribution in [0.2, 0.25) is 0 Å². The van der Waals surface area contributed by atoms with Crippen LogP contribution in [-0.2, 0) is 0 Å². The molecule has 3 rings (SSSR count). The first-order valence-electron chi connectivity index (χ1n) is 4.98. The van der Waals surface area contributed by atoms with Crippen molar-refractivity contribution in [1.29, 1.82) is 0 Å². The number of benzene rings is 1. The van der Waals surface area contributed by atoms with Crippen LogP contribution in [0.1, 0.15) is 0 Å². The maximum absolute atomic E-state index is 2.89. The van der Waals surface area contributed by atoms with Crippen molar-refractivity contribution in [1.82, 2.24) is 0 Å². The Hall–Kier alpha value is -2.02. The first-order valence-corrected chi connectivity index (χ1v) is 4.98. The van der Waals surface area contributed by atoms with Crippen LogP contribution in [0.3, 0.4) is 0 Å². The molecule has 0 saturated heterocycles. The van der Waals surface area contributed by atoms with Gasteiger partial charge in [-0.2, -0.15) is 24.3 Å². The minimum Gasteiger partial charge on any atom is -0.218 e. The summed E-state index contributed by atoms with van der Waals surface area (Å²) in [6.45, 7) is 0. The van der Waals surface area contributed by atoms with Gasteiger partial charge in [-0.15, -0.1) is 17.2 Å². The lowest BCUT2D eigenvalue weighted by molar-refractivity contribution is -0.377. The second-order valence-corrected chi connectivity index (χ2v) is 3.23. The van der Waals surface area contributed by atoms with E-state index in [0.717, 1.165) is 0 Å². The second kappa shape index (κ2) is 5.01. The molecule has 0 unspecified atom stereocenters. The fourth-order valence-corrected chi connectivity index (χ4v) is 1.41. The van der Waals surface area contributed by atoms with Gasteiger partial charge in [-0.3, -0.25) is 0 Å². The third-order valence-corrected chi connectivity index (χ3v) is 2.15. The Morgan fingerprint density at radius 2 is 1.60 bits per heavy atom. The summed E-state index contributed by atoms with van der Waals surface area (Å²) in [5.74, 6) is 0. The number of pyridine rings is 1. The van der Waals surface area contributed by atoms with E-state index in [4.69, 9.17) is 0 Å². The number of rotatable bonds is 0. The van der Waals surface area contributed by atoms with E-state index in [0.29, 0.717) is 0 Å². The highest BCUT2D eigenvalue weighted by molar-refractivity contribution is 5.66. The van der Waals surface area contributed by atoms with E-state index in [9.17, 15) is 0 Å². The highest BCUT2D eigenvalue weighted by atomic mass is 14.6. The molecule has 0 fully saturated rings. The van der Waals surface area contributed by atoms with Crippen molar-refractivity contribution in [2.24, 2.45) is 0 Å². The van der Waals surface area contributed by atoms with Gasteiger partial charge in [0.15, 0.2) is 12.4 Å². The summed E-state index contributed by atoms with van der Waals surface area (Å²) in [7, 11) is 0. The Kier molecular flexibility index (Phi) is 3.18. The highest BCUT2D eigenvalue weighted by Crippen LogP contribution is 2.20. The molecular formula is C14H13N. The van der Waals surface area contributed by atoms with E-state index in [-0.39, 0.29) is 0 Å². The van der Waals surface area contributed by atoms with Crippen LogP contribution in [0, 0.1) is 0 Å². The number of hydrogen-bond donors (Lipinski definition) is 0. The Bertz CT molecular complexity index is 402. The van der Waals surface area contributed by atoms with Crippen LogP contribution in [0.5, 0.6) is 0 Å². The van der Waals surface area contributed by atoms with Crippen molar-refractivity contribution >= 4 is 0 Å². The van der Waals surface area contributed by atoms with Crippen molar-refractivity contribution in [3.05, 3.63) is 73.1 Å². The predicted molar refractivity (Wildman–Crippen MR) is 61.7 cm³/mol. The maximum Gasteiger partial charge on any atom is 0.166 e. The normalized spacial score (nSPS) is 9.33. The molecule has 74 valence electrons. The van der Waals surface area contributed by atoms with Gasteiger partial charge in [-0.25, -0.2) is 4.98 Å². The largest absolute Gasteiger partial charge is 0.218 e. The zero-order chi connectivity index (χ0) is 10.3. The van der Waals surface area contributed by atoms with Crippen LogP contribution in [0.15, 0.2) is 73.1 Å². The van der Waals surface area contributed by atoms with Crippen molar-refractivity contribution in [3.8, 4) is 11.1 Å². The lowest BCUT2D eigenvalue weighted by atomic mass is 10.1. The van der Waals surface area contributed by atoms with Crippen LogP contribution in [0.4, 0.5) is 0 Å². The first-order chi connectivity index (χ1) is 7.47. The topological polar surface area (TPSA) is 14.1 Å². The molecule has 15 heavy (non-hydrogen) atoms. The molecule has 0 atom stereocenters. The van der Waals surface area contributed by atoms with E-state index in [1.807, 2.05) is 30.6 Å². The summed E-state index contributed by atoms with van der Waals surface area (Å²) in [6.07, 6.45) is 3.75. The summed E-state index contributed by atoms with van der Waals surface area (Å²) < 4.78 is 0. The lowest BCUT2D eigenvalue weighted by Gasteiger charge is -2.02. The fraction of sp³-hybridized carbons (Fsp3) is 0. The van der Waals surface area contributed by atoms with Crippen molar-refractivity contribution < 1.29 is 4.98 Å². The van der Waals surface area contributed by atoms with E-state index >= 15 is 0 Å². The van der Waals surface area contributed by atoms with Gasteiger partial charge >= 0.3 is 0 Å². The van der Waals surface area contributed by atoms with E-state index in [1.54, 1.807) is 0 Å². The zero-order valence-electron chi connectivity index (χ0n) is 8.43. The monoisotopic (exact) mass is 195 g/mol. The SMILES string of the molecule is c1cc2cc[cH-]cc-2c1.c1cc[nH+]cc1. The number of H-pyrrole nitrogens is 1. The van der Waals surface area contributed by atoms with Crippen molar-refractivity contribution in [2.75, 3.05) is 0 Å². The molecule has 0 radical (unpaired) electrons. The molecule has 2 aliphatic carbocycles. The number of nitrogens with one attached hydrogen (secondary N) is 1. The van der Waals surface area contributed by atoms with Gasteiger partial charge in [0, 0.05) is 12.1 Å². The Morgan fingerprint density at radius 3 is 2.20 bits per heavy atom. The number of hydrogen-bond acceptors (Lipinski definition) is 0. The fourth-order valence-electron chi connectivity index (χ4n) is 1.41. The van der Waals surface area contributed by atoms with Gasteiger partial charge in [0.25, 0.3) is 0 Å². The summed E-state index contributed by atoms with van der Waals surface area (Å²) in [4.78, 5) is 2.89. The molecule has 1 aromatic rings. The molecule has 1 heterocycles. The van der Waals surface area contributed by atoms with Gasteiger partial charge in [-0.05, 0) is 0 Å². The van der Waals surface area contributed by atoms with Crippen molar-refractivity contribution in [2.45, 2.75) is 0 Å². The third kappa shape index (κ3) is 2.71. The van der Waals surface area contributed by atoms with Gasteiger partial charge in [-0.1, -0.05) is 18.2 Å². The number of aromatic amines is 1. The molecule has 1 aromatic heterocycles. The summed E-state index contributed by atoms with van der Waals surface area (Å²) >= 11 is 0. The zero-order valence-corrected chi connectivity index (χ0v) is 8.43. The molecular weight excluding hydrogens is 182 g/mol.